The highest BCUT2D eigenvalue weighted by Gasteiger charge is 2.33. The summed E-state index contributed by atoms with van der Waals surface area (Å²) in [6.45, 7) is 0. The number of hydrogen-bond acceptors (Lipinski definition) is 5. The number of nitriles is 2. The van der Waals surface area contributed by atoms with Gasteiger partial charge in [0.25, 0.3) is 5.56 Å². The van der Waals surface area contributed by atoms with E-state index in [0.29, 0.717) is 12.1 Å². The minimum Gasteiger partial charge on any atom is -0.506 e. The summed E-state index contributed by atoms with van der Waals surface area (Å²) in [5.41, 5.74) is 1.33. The van der Waals surface area contributed by atoms with Crippen LogP contribution < -0.4 is 11.3 Å². The molecule has 0 aliphatic carbocycles. The minimum absolute atomic E-state index is 0.320. The number of nitrogen functional groups attached to an aromatic ring is 1. The van der Waals surface area contributed by atoms with Crippen LogP contribution in [-0.4, -0.2) is 10.1 Å². The van der Waals surface area contributed by atoms with Crippen molar-refractivity contribution in [2.45, 2.75) is 6.18 Å². The molecule has 2 aromatic rings. The van der Waals surface area contributed by atoms with Gasteiger partial charge in [-0.15, -0.1) is 0 Å². The van der Waals surface area contributed by atoms with Crippen molar-refractivity contribution in [1.29, 1.82) is 10.5 Å². The summed E-state index contributed by atoms with van der Waals surface area (Å²) >= 11 is 2.78. The maximum Gasteiger partial charge on any atom is 0.416 e. The first-order chi connectivity index (χ1) is 11.1. The number of phenols is 1. The normalized spacial score (nSPS) is 10.9. The van der Waals surface area contributed by atoms with Crippen LogP contribution in [0, 0.1) is 22.7 Å². The third-order valence-corrected chi connectivity index (χ3v) is 3.73. The summed E-state index contributed by atoms with van der Waals surface area (Å²) in [4.78, 5) is 13.9. The van der Waals surface area contributed by atoms with E-state index in [2.05, 4.69) is 20.9 Å². The average molecular weight is 399 g/mol. The van der Waals surface area contributed by atoms with Crippen LogP contribution in [0.5, 0.6) is 5.75 Å². The largest absolute Gasteiger partial charge is 0.506 e. The molecule has 0 aliphatic rings. The summed E-state index contributed by atoms with van der Waals surface area (Å²) in [5, 5.41) is 28.4. The number of H-pyrrole nitrogens is 1. The van der Waals surface area contributed by atoms with Crippen molar-refractivity contribution in [3.8, 4) is 29.0 Å². The maximum absolute atomic E-state index is 13.0. The second-order valence-corrected chi connectivity index (χ2v) is 5.42. The Morgan fingerprint density at radius 3 is 2.29 bits per heavy atom. The Labute approximate surface area is 140 Å². The highest BCUT2D eigenvalue weighted by atomic mass is 79.9. The third kappa shape index (κ3) is 2.79. The van der Waals surface area contributed by atoms with Crippen LogP contribution in [0.3, 0.4) is 0 Å². The number of hydrogen-bond donors (Lipinski definition) is 3. The number of phenolic OH excluding ortho intramolecular Hbond substituents is 1. The fraction of sp³-hybridized carbons (Fsp3) is 0.0714. The molecule has 0 bridgehead atoms. The van der Waals surface area contributed by atoms with E-state index < -0.39 is 51.1 Å². The van der Waals surface area contributed by atoms with E-state index in [9.17, 15) is 28.3 Å². The number of aromatic amines is 1. The zero-order valence-corrected chi connectivity index (χ0v) is 13.1. The second kappa shape index (κ2) is 5.91. The molecular weight excluding hydrogens is 393 g/mol. The molecule has 24 heavy (non-hydrogen) atoms. The van der Waals surface area contributed by atoms with Gasteiger partial charge in [-0.3, -0.25) is 4.79 Å². The molecule has 10 heteroatoms. The smallest absolute Gasteiger partial charge is 0.416 e. The van der Waals surface area contributed by atoms with Crippen LogP contribution in [0.25, 0.3) is 11.1 Å². The summed E-state index contributed by atoms with van der Waals surface area (Å²) in [6, 6.07) is 4.30. The number of halogens is 4. The lowest BCUT2D eigenvalue weighted by atomic mass is 9.94. The Morgan fingerprint density at radius 2 is 1.79 bits per heavy atom. The second-order valence-electron chi connectivity index (χ2n) is 4.57. The molecule has 0 atom stereocenters. The van der Waals surface area contributed by atoms with Gasteiger partial charge in [-0.25, -0.2) is 0 Å². The summed E-state index contributed by atoms with van der Waals surface area (Å²) in [5.74, 6) is -1.09. The Morgan fingerprint density at radius 1 is 1.21 bits per heavy atom. The van der Waals surface area contributed by atoms with Crippen LogP contribution in [0.1, 0.15) is 16.7 Å². The Balaban J connectivity index is 3.03. The first-order valence-electron chi connectivity index (χ1n) is 6.07. The summed E-state index contributed by atoms with van der Waals surface area (Å²) in [6.07, 6.45) is -4.75. The molecule has 0 spiro atoms. The van der Waals surface area contributed by atoms with Gasteiger partial charge in [0.2, 0.25) is 0 Å². The lowest BCUT2D eigenvalue weighted by Gasteiger charge is -2.14. The van der Waals surface area contributed by atoms with E-state index in [1.54, 1.807) is 6.07 Å². The van der Waals surface area contributed by atoms with Gasteiger partial charge >= 0.3 is 6.18 Å². The first-order valence-corrected chi connectivity index (χ1v) is 6.87. The number of anilines is 1. The lowest BCUT2D eigenvalue weighted by molar-refractivity contribution is -0.137. The molecule has 2 rings (SSSR count). The molecule has 4 N–H and O–H groups in total. The summed E-state index contributed by atoms with van der Waals surface area (Å²) < 4.78 is 38.7. The average Bonchev–Trinajstić information content (AvgIpc) is 2.48. The molecule has 1 aromatic carbocycles. The Bertz CT molecular complexity index is 984. The first kappa shape index (κ1) is 17.4. The highest BCUT2D eigenvalue weighted by molar-refractivity contribution is 9.10. The van der Waals surface area contributed by atoms with Crippen molar-refractivity contribution in [2.75, 3.05) is 5.73 Å². The van der Waals surface area contributed by atoms with E-state index in [1.165, 1.54) is 6.07 Å². The molecule has 1 heterocycles. The van der Waals surface area contributed by atoms with Crippen molar-refractivity contribution < 1.29 is 18.3 Å². The number of nitrogens with two attached hydrogens (primary N) is 1. The number of nitrogens with one attached hydrogen (secondary N) is 1. The van der Waals surface area contributed by atoms with Crippen LogP contribution in [-0.2, 0) is 6.18 Å². The van der Waals surface area contributed by atoms with E-state index >= 15 is 0 Å². The SMILES string of the molecule is N#Cc1c(N)[nH]c(=O)c(C#N)c1-c1cc(C(F)(F)F)cc(Br)c1O. The van der Waals surface area contributed by atoms with Crippen molar-refractivity contribution in [3.05, 3.63) is 43.6 Å². The molecule has 122 valence electrons. The standard InChI is InChI=1S/C14H6BrF3N4O2/c15-9-2-5(14(16,17)18)1-6(11(9)23)10-7(3-19)12(21)22-13(24)8(10)4-20/h1-2,23H,(H3,21,22,24). The molecule has 0 saturated carbocycles. The van der Waals surface area contributed by atoms with E-state index in [-0.39, 0.29) is 4.47 Å². The van der Waals surface area contributed by atoms with Gasteiger partial charge in [-0.05, 0) is 28.1 Å². The maximum atomic E-state index is 13.0. The van der Waals surface area contributed by atoms with Gasteiger partial charge in [0.1, 0.15) is 34.8 Å². The number of rotatable bonds is 1. The van der Waals surface area contributed by atoms with Crippen LogP contribution in [0.15, 0.2) is 21.4 Å². The van der Waals surface area contributed by atoms with Gasteiger partial charge in [-0.1, -0.05) is 0 Å². The highest BCUT2D eigenvalue weighted by Crippen LogP contribution is 2.43. The predicted molar refractivity (Wildman–Crippen MR) is 80.7 cm³/mol. The van der Waals surface area contributed by atoms with Crippen molar-refractivity contribution in [2.24, 2.45) is 0 Å². The number of pyridine rings is 1. The zero-order chi connectivity index (χ0) is 18.2. The predicted octanol–water partition coefficient (Wildman–Crippen LogP) is 2.85. The number of alkyl halides is 3. The van der Waals surface area contributed by atoms with Crippen LogP contribution in [0.4, 0.5) is 19.0 Å². The molecule has 0 saturated heterocycles. The van der Waals surface area contributed by atoms with Crippen LogP contribution in [0.2, 0.25) is 0 Å². The van der Waals surface area contributed by atoms with Gasteiger partial charge in [0.05, 0.1) is 10.0 Å². The monoisotopic (exact) mass is 398 g/mol. The molecule has 6 nitrogen and oxygen atoms in total. The Kier molecular flexibility index (Phi) is 4.28. The number of aromatic hydroxyl groups is 1. The van der Waals surface area contributed by atoms with Gasteiger partial charge in [-0.2, -0.15) is 23.7 Å². The van der Waals surface area contributed by atoms with E-state index in [4.69, 9.17) is 11.0 Å². The van der Waals surface area contributed by atoms with Crippen molar-refractivity contribution >= 4 is 21.7 Å². The number of nitrogens with zero attached hydrogens (tertiary/aromatic N) is 2. The number of benzene rings is 1. The molecule has 0 radical (unpaired) electrons. The van der Waals surface area contributed by atoms with E-state index in [1.807, 2.05) is 0 Å². The van der Waals surface area contributed by atoms with Crippen molar-refractivity contribution in [3.63, 3.8) is 0 Å². The third-order valence-electron chi connectivity index (χ3n) is 3.13. The van der Waals surface area contributed by atoms with Crippen LogP contribution >= 0.6 is 15.9 Å². The Hall–Kier alpha value is -2.98. The molecule has 0 amide bonds. The van der Waals surface area contributed by atoms with Gasteiger partial charge < -0.3 is 15.8 Å². The fourth-order valence-corrected chi connectivity index (χ4v) is 2.53. The summed E-state index contributed by atoms with van der Waals surface area (Å²) in [7, 11) is 0. The van der Waals surface area contributed by atoms with Gasteiger partial charge in [0.15, 0.2) is 0 Å². The van der Waals surface area contributed by atoms with Gasteiger partial charge in [0, 0.05) is 11.1 Å². The molecular formula is C14H6BrF3N4O2. The topological polar surface area (TPSA) is 127 Å². The van der Waals surface area contributed by atoms with Crippen molar-refractivity contribution in [1.82, 2.24) is 4.98 Å². The minimum atomic E-state index is -4.75. The molecule has 0 fully saturated rings. The molecule has 1 aromatic heterocycles. The zero-order valence-electron chi connectivity index (χ0n) is 11.5. The quantitative estimate of drug-likeness (QED) is 0.680. The lowest BCUT2D eigenvalue weighted by Crippen LogP contribution is -2.16. The number of aromatic nitrogens is 1. The molecule has 0 unspecified atom stereocenters. The molecule has 0 aliphatic heterocycles. The fourth-order valence-electron chi connectivity index (χ4n) is 2.07. The van der Waals surface area contributed by atoms with E-state index in [0.717, 1.165) is 0 Å².